The molecule has 2 amide bonds. The van der Waals surface area contributed by atoms with E-state index in [-0.39, 0.29) is 35.4 Å². The zero-order valence-electron chi connectivity index (χ0n) is 18.9. The highest BCUT2D eigenvalue weighted by Crippen LogP contribution is 2.29. The van der Waals surface area contributed by atoms with Crippen molar-refractivity contribution in [2.24, 2.45) is 0 Å². The molecule has 0 unspecified atom stereocenters. The number of rotatable bonds is 6. The molecular formula is C23H23BrF3N5O2. The van der Waals surface area contributed by atoms with Crippen LogP contribution in [-0.2, 0) is 12.7 Å². The first-order valence-electron chi connectivity index (χ1n) is 10.4. The van der Waals surface area contributed by atoms with Crippen LogP contribution in [0.2, 0.25) is 0 Å². The summed E-state index contributed by atoms with van der Waals surface area (Å²) in [6.07, 6.45) is -4.62. The number of hydrogen-bond acceptors (Lipinski definition) is 4. The molecule has 3 rings (SSSR count). The summed E-state index contributed by atoms with van der Waals surface area (Å²) in [4.78, 5) is 29.1. The van der Waals surface area contributed by atoms with E-state index in [0.717, 1.165) is 4.68 Å². The summed E-state index contributed by atoms with van der Waals surface area (Å²) in [5.41, 5.74) is 2.06. The van der Waals surface area contributed by atoms with Crippen LogP contribution >= 0.6 is 15.9 Å². The van der Waals surface area contributed by atoms with Gasteiger partial charge >= 0.3 is 6.18 Å². The Morgan fingerprint density at radius 2 is 1.82 bits per heavy atom. The van der Waals surface area contributed by atoms with Gasteiger partial charge in [0.25, 0.3) is 11.8 Å². The quantitative estimate of drug-likeness (QED) is 0.457. The van der Waals surface area contributed by atoms with Crippen molar-refractivity contribution in [3.8, 4) is 0 Å². The molecule has 2 N–H and O–H groups in total. The topological polar surface area (TPSA) is 88.9 Å². The Morgan fingerprint density at radius 1 is 1.12 bits per heavy atom. The van der Waals surface area contributed by atoms with E-state index < -0.39 is 17.9 Å². The first-order valence-corrected chi connectivity index (χ1v) is 11.1. The Hall–Kier alpha value is -3.21. The van der Waals surface area contributed by atoms with Gasteiger partial charge in [0.2, 0.25) is 5.82 Å². The molecule has 1 heterocycles. The lowest BCUT2D eigenvalue weighted by Gasteiger charge is -2.15. The van der Waals surface area contributed by atoms with Crippen LogP contribution in [0.5, 0.6) is 0 Å². The number of nitrogens with one attached hydrogen (secondary N) is 2. The lowest BCUT2D eigenvalue weighted by atomic mass is 10.0. The average Bonchev–Trinajstić information content (AvgIpc) is 3.09. The molecule has 180 valence electrons. The van der Waals surface area contributed by atoms with E-state index in [0.29, 0.717) is 21.3 Å². The Bertz CT molecular complexity index is 1240. The van der Waals surface area contributed by atoms with E-state index in [1.807, 2.05) is 13.8 Å². The molecule has 0 aliphatic heterocycles. The maximum absolute atomic E-state index is 13.2. The maximum Gasteiger partial charge on any atom is 0.451 e. The number of nitrogens with zero attached hydrogens (tertiary/aromatic N) is 3. The number of halogens is 4. The van der Waals surface area contributed by atoms with Crippen molar-refractivity contribution in [3.63, 3.8) is 0 Å². The molecule has 0 aliphatic rings. The maximum atomic E-state index is 13.2. The number of benzene rings is 2. The Labute approximate surface area is 202 Å². The van der Waals surface area contributed by atoms with Gasteiger partial charge in [0.15, 0.2) is 0 Å². The first kappa shape index (κ1) is 25.4. The highest BCUT2D eigenvalue weighted by atomic mass is 79.9. The van der Waals surface area contributed by atoms with Gasteiger partial charge in [0, 0.05) is 16.2 Å². The van der Waals surface area contributed by atoms with Crippen molar-refractivity contribution in [1.82, 2.24) is 20.1 Å². The zero-order valence-corrected chi connectivity index (χ0v) is 20.5. The van der Waals surface area contributed by atoms with Gasteiger partial charge in [-0.05, 0) is 73.0 Å². The lowest BCUT2D eigenvalue weighted by Crippen LogP contribution is -2.32. The molecule has 34 heavy (non-hydrogen) atoms. The normalized spacial score (nSPS) is 11.6. The fraction of sp³-hybridized carbons (Fsp3) is 0.304. The van der Waals surface area contributed by atoms with Crippen LogP contribution in [-0.4, -0.2) is 32.6 Å². The molecule has 0 aliphatic carbocycles. The Morgan fingerprint density at radius 3 is 2.44 bits per heavy atom. The highest BCUT2D eigenvalue weighted by molar-refractivity contribution is 9.10. The third kappa shape index (κ3) is 5.82. The molecule has 0 saturated heterocycles. The summed E-state index contributed by atoms with van der Waals surface area (Å²) < 4.78 is 40.9. The van der Waals surface area contributed by atoms with E-state index in [1.54, 1.807) is 43.3 Å². The minimum absolute atomic E-state index is 0.0271. The highest BCUT2D eigenvalue weighted by Gasteiger charge is 2.37. The van der Waals surface area contributed by atoms with Gasteiger partial charge in [-0.1, -0.05) is 18.2 Å². The SMILES string of the molecule is Cc1nc(C(F)(F)F)n(Cc2ccc(NC(=O)c3cccc(Br)c3C(=O)NC(C)C)c(C)c2)n1. The molecule has 1 aromatic heterocycles. The zero-order chi connectivity index (χ0) is 25.2. The summed E-state index contributed by atoms with van der Waals surface area (Å²) in [7, 11) is 0. The third-order valence-electron chi connectivity index (χ3n) is 4.81. The molecule has 11 heteroatoms. The number of aryl methyl sites for hydroxylation is 2. The fourth-order valence-corrected chi connectivity index (χ4v) is 3.93. The predicted octanol–water partition coefficient (Wildman–Crippen LogP) is 5.12. The molecule has 0 spiro atoms. The lowest BCUT2D eigenvalue weighted by molar-refractivity contribution is -0.147. The van der Waals surface area contributed by atoms with Crippen molar-refractivity contribution < 1.29 is 22.8 Å². The van der Waals surface area contributed by atoms with Gasteiger partial charge < -0.3 is 10.6 Å². The van der Waals surface area contributed by atoms with Crippen molar-refractivity contribution in [1.29, 1.82) is 0 Å². The number of amides is 2. The average molecular weight is 538 g/mol. The molecular weight excluding hydrogens is 515 g/mol. The number of carbonyl (C=O) groups is 2. The molecule has 7 nitrogen and oxygen atoms in total. The third-order valence-corrected chi connectivity index (χ3v) is 5.47. The van der Waals surface area contributed by atoms with Gasteiger partial charge in [-0.15, -0.1) is 0 Å². The number of hydrogen-bond donors (Lipinski definition) is 2. The molecule has 2 aromatic carbocycles. The second-order valence-corrected chi connectivity index (χ2v) is 8.89. The van der Waals surface area contributed by atoms with Crippen LogP contribution < -0.4 is 10.6 Å². The summed E-state index contributed by atoms with van der Waals surface area (Å²) >= 11 is 3.33. The summed E-state index contributed by atoms with van der Waals surface area (Å²) in [6, 6.07) is 9.63. The fourth-order valence-electron chi connectivity index (χ4n) is 3.38. The van der Waals surface area contributed by atoms with E-state index in [9.17, 15) is 22.8 Å². The van der Waals surface area contributed by atoms with Crippen LogP contribution in [0.25, 0.3) is 0 Å². The number of anilines is 1. The molecule has 0 atom stereocenters. The van der Waals surface area contributed by atoms with Gasteiger partial charge in [0.05, 0.1) is 17.7 Å². The van der Waals surface area contributed by atoms with E-state index in [1.165, 1.54) is 6.92 Å². The second kappa shape index (κ2) is 9.96. The van der Waals surface area contributed by atoms with E-state index in [4.69, 9.17) is 0 Å². The van der Waals surface area contributed by atoms with Crippen LogP contribution in [0.3, 0.4) is 0 Å². The number of aromatic nitrogens is 3. The number of carbonyl (C=O) groups excluding carboxylic acids is 2. The predicted molar refractivity (Wildman–Crippen MR) is 125 cm³/mol. The summed E-state index contributed by atoms with van der Waals surface area (Å²) in [6.45, 7) is 6.63. The second-order valence-electron chi connectivity index (χ2n) is 8.03. The summed E-state index contributed by atoms with van der Waals surface area (Å²) in [5.74, 6) is -1.92. The van der Waals surface area contributed by atoms with Crippen LogP contribution in [0.15, 0.2) is 40.9 Å². The van der Waals surface area contributed by atoms with Crippen LogP contribution in [0.4, 0.5) is 18.9 Å². The molecule has 3 aromatic rings. The van der Waals surface area contributed by atoms with Gasteiger partial charge in [-0.3, -0.25) is 9.59 Å². The van der Waals surface area contributed by atoms with Crippen molar-refractivity contribution in [3.05, 3.63) is 74.8 Å². The van der Waals surface area contributed by atoms with Gasteiger partial charge in [-0.25, -0.2) is 9.67 Å². The minimum Gasteiger partial charge on any atom is -0.350 e. The van der Waals surface area contributed by atoms with Crippen molar-refractivity contribution in [2.75, 3.05) is 5.32 Å². The van der Waals surface area contributed by atoms with Gasteiger partial charge in [-0.2, -0.15) is 18.3 Å². The largest absolute Gasteiger partial charge is 0.451 e. The van der Waals surface area contributed by atoms with Gasteiger partial charge in [0.1, 0.15) is 5.82 Å². The standard InChI is InChI=1S/C23H23BrF3N5O2/c1-12(2)28-21(34)19-16(6-5-7-17(19)24)20(33)30-18-9-8-15(10-13(18)3)11-32-22(23(25,26)27)29-14(4)31-32/h5-10,12H,11H2,1-4H3,(H,28,34)(H,30,33). The molecule has 0 bridgehead atoms. The van der Waals surface area contributed by atoms with Crippen LogP contribution in [0.1, 0.15) is 57.3 Å². The monoisotopic (exact) mass is 537 g/mol. The van der Waals surface area contributed by atoms with Crippen LogP contribution in [0, 0.1) is 13.8 Å². The number of alkyl halides is 3. The van der Waals surface area contributed by atoms with E-state index >= 15 is 0 Å². The smallest absolute Gasteiger partial charge is 0.350 e. The summed E-state index contributed by atoms with van der Waals surface area (Å²) in [5, 5.41) is 9.39. The van der Waals surface area contributed by atoms with E-state index in [2.05, 4.69) is 36.6 Å². The molecule has 0 fully saturated rings. The Kier molecular flexibility index (Phi) is 7.44. The Balaban J connectivity index is 1.83. The van der Waals surface area contributed by atoms with Crippen molar-refractivity contribution in [2.45, 2.75) is 46.5 Å². The van der Waals surface area contributed by atoms with Crippen molar-refractivity contribution >= 4 is 33.4 Å². The first-order chi connectivity index (χ1) is 15.9. The minimum atomic E-state index is -4.62. The molecule has 0 radical (unpaired) electrons. The molecule has 0 saturated carbocycles.